The Kier molecular flexibility index (Phi) is 1.65. The first-order chi connectivity index (χ1) is 5.66. The quantitative estimate of drug-likeness (QED) is 0.678. The number of hydrogen-bond acceptors (Lipinski definition) is 1. The van der Waals surface area contributed by atoms with Gasteiger partial charge in [0, 0.05) is 23.1 Å². The molecule has 4 heteroatoms. The van der Waals surface area contributed by atoms with Crippen molar-refractivity contribution in [3.05, 3.63) is 28.6 Å². The van der Waals surface area contributed by atoms with E-state index in [0.29, 0.717) is 4.47 Å². The van der Waals surface area contributed by atoms with Crippen molar-refractivity contribution < 1.29 is 4.39 Å². The van der Waals surface area contributed by atoms with E-state index in [9.17, 15) is 4.39 Å². The predicted octanol–water partition coefficient (Wildman–Crippen LogP) is 2.47. The van der Waals surface area contributed by atoms with E-state index in [1.54, 1.807) is 10.9 Å². The summed E-state index contributed by atoms with van der Waals surface area (Å²) in [5.74, 6) is -0.248. The van der Waals surface area contributed by atoms with Gasteiger partial charge in [0.1, 0.15) is 11.3 Å². The molecule has 0 bridgehead atoms. The minimum absolute atomic E-state index is 0.248. The van der Waals surface area contributed by atoms with Crippen LogP contribution >= 0.6 is 15.9 Å². The highest BCUT2D eigenvalue weighted by Gasteiger charge is 2.04. The molecular weight excluding hydrogens is 223 g/mol. The second-order valence-electron chi connectivity index (χ2n) is 2.63. The molecule has 0 atom stereocenters. The highest BCUT2D eigenvalue weighted by Crippen LogP contribution is 2.23. The molecule has 0 fully saturated rings. The van der Waals surface area contributed by atoms with Crippen LogP contribution in [0.4, 0.5) is 4.39 Å². The van der Waals surface area contributed by atoms with Gasteiger partial charge in [0.2, 0.25) is 0 Å². The summed E-state index contributed by atoms with van der Waals surface area (Å²) in [5.41, 5.74) is 0.791. The van der Waals surface area contributed by atoms with E-state index < -0.39 is 0 Å². The highest BCUT2D eigenvalue weighted by atomic mass is 79.9. The maximum absolute atomic E-state index is 12.8. The standard InChI is InChI=1S/C8H6BrFN2/c1-12-4-5-2-6(10)3-7(9)8(5)11-12/h2-4H,1H3. The van der Waals surface area contributed by atoms with Crippen molar-refractivity contribution in [2.24, 2.45) is 7.05 Å². The molecule has 62 valence electrons. The second kappa shape index (κ2) is 2.55. The summed E-state index contributed by atoms with van der Waals surface area (Å²) in [4.78, 5) is 0. The SMILES string of the molecule is Cn1cc2cc(F)cc(Br)c2n1. The number of rotatable bonds is 0. The number of benzene rings is 1. The molecule has 0 aliphatic carbocycles. The van der Waals surface area contributed by atoms with Crippen molar-refractivity contribution >= 4 is 26.8 Å². The van der Waals surface area contributed by atoms with Gasteiger partial charge in [0.15, 0.2) is 0 Å². The van der Waals surface area contributed by atoms with Gasteiger partial charge in [-0.05, 0) is 28.1 Å². The Balaban J connectivity index is 2.88. The molecule has 0 N–H and O–H groups in total. The lowest BCUT2D eigenvalue weighted by atomic mass is 10.2. The number of aryl methyl sites for hydroxylation is 1. The molecule has 1 heterocycles. The predicted molar refractivity (Wildman–Crippen MR) is 48.4 cm³/mol. The third-order valence-corrected chi connectivity index (χ3v) is 2.25. The molecule has 0 saturated heterocycles. The van der Waals surface area contributed by atoms with E-state index in [-0.39, 0.29) is 5.82 Å². The van der Waals surface area contributed by atoms with E-state index in [1.807, 2.05) is 7.05 Å². The van der Waals surface area contributed by atoms with Crippen LogP contribution in [0.1, 0.15) is 0 Å². The summed E-state index contributed by atoms with van der Waals surface area (Å²) in [6.45, 7) is 0. The fraction of sp³-hybridized carbons (Fsp3) is 0.125. The first-order valence-corrected chi connectivity index (χ1v) is 4.24. The fourth-order valence-electron chi connectivity index (χ4n) is 1.18. The lowest BCUT2D eigenvalue weighted by Crippen LogP contribution is -1.85. The van der Waals surface area contributed by atoms with Gasteiger partial charge < -0.3 is 0 Å². The van der Waals surface area contributed by atoms with Crippen molar-refractivity contribution in [2.45, 2.75) is 0 Å². The van der Waals surface area contributed by atoms with Crippen molar-refractivity contribution in [1.29, 1.82) is 0 Å². The van der Waals surface area contributed by atoms with E-state index in [2.05, 4.69) is 21.0 Å². The molecule has 0 amide bonds. The summed E-state index contributed by atoms with van der Waals surface area (Å²) in [6.07, 6.45) is 1.78. The Morgan fingerprint density at radius 2 is 2.25 bits per heavy atom. The van der Waals surface area contributed by atoms with Crippen LogP contribution in [-0.4, -0.2) is 9.78 Å². The van der Waals surface area contributed by atoms with E-state index in [1.165, 1.54) is 12.1 Å². The van der Waals surface area contributed by atoms with E-state index >= 15 is 0 Å². The van der Waals surface area contributed by atoms with Gasteiger partial charge in [-0.25, -0.2) is 4.39 Å². The first kappa shape index (κ1) is 7.73. The Morgan fingerprint density at radius 1 is 1.50 bits per heavy atom. The number of nitrogens with zero attached hydrogens (tertiary/aromatic N) is 2. The van der Waals surface area contributed by atoms with Gasteiger partial charge in [-0.15, -0.1) is 0 Å². The summed E-state index contributed by atoms with van der Waals surface area (Å²) >= 11 is 3.25. The van der Waals surface area contributed by atoms with Crippen molar-refractivity contribution in [3.63, 3.8) is 0 Å². The minimum Gasteiger partial charge on any atom is -0.275 e. The first-order valence-electron chi connectivity index (χ1n) is 3.45. The molecule has 0 radical (unpaired) electrons. The van der Waals surface area contributed by atoms with Crippen LogP contribution in [0.3, 0.4) is 0 Å². The molecule has 0 saturated carbocycles. The van der Waals surface area contributed by atoms with Crippen LogP contribution in [0.2, 0.25) is 0 Å². The molecular formula is C8H6BrFN2. The lowest BCUT2D eigenvalue weighted by molar-refractivity contribution is 0.629. The van der Waals surface area contributed by atoms with Crippen LogP contribution < -0.4 is 0 Å². The zero-order chi connectivity index (χ0) is 8.72. The normalized spacial score (nSPS) is 10.9. The van der Waals surface area contributed by atoms with Crippen LogP contribution in [0.25, 0.3) is 10.9 Å². The zero-order valence-electron chi connectivity index (χ0n) is 6.38. The summed E-state index contributed by atoms with van der Waals surface area (Å²) in [5, 5.41) is 4.97. The summed E-state index contributed by atoms with van der Waals surface area (Å²) in [7, 11) is 1.81. The van der Waals surface area contributed by atoms with Crippen LogP contribution in [0, 0.1) is 5.82 Å². The summed E-state index contributed by atoms with van der Waals surface area (Å²) in [6, 6.07) is 2.88. The lowest BCUT2D eigenvalue weighted by Gasteiger charge is -1.91. The van der Waals surface area contributed by atoms with Gasteiger partial charge in [-0.1, -0.05) is 0 Å². The number of fused-ring (bicyclic) bond motifs is 1. The molecule has 2 nitrogen and oxygen atoms in total. The highest BCUT2D eigenvalue weighted by molar-refractivity contribution is 9.10. The number of hydrogen-bond donors (Lipinski definition) is 0. The molecule has 12 heavy (non-hydrogen) atoms. The van der Waals surface area contributed by atoms with Gasteiger partial charge in [-0.2, -0.15) is 5.10 Å². The number of halogens is 2. The Labute approximate surface area is 77.1 Å². The Bertz CT molecular complexity index is 436. The molecule has 0 aliphatic rings. The maximum atomic E-state index is 12.8. The average molecular weight is 229 g/mol. The van der Waals surface area contributed by atoms with Crippen LogP contribution in [-0.2, 0) is 7.05 Å². The molecule has 2 aromatic rings. The number of aromatic nitrogens is 2. The van der Waals surface area contributed by atoms with Gasteiger partial charge in [0.05, 0.1) is 0 Å². The summed E-state index contributed by atoms with van der Waals surface area (Å²) < 4.78 is 15.2. The third-order valence-electron chi connectivity index (χ3n) is 1.64. The topological polar surface area (TPSA) is 17.8 Å². The maximum Gasteiger partial charge on any atom is 0.125 e. The Morgan fingerprint density at radius 3 is 3.00 bits per heavy atom. The zero-order valence-corrected chi connectivity index (χ0v) is 7.97. The van der Waals surface area contributed by atoms with Gasteiger partial charge in [-0.3, -0.25) is 4.68 Å². The molecule has 1 aromatic carbocycles. The third kappa shape index (κ3) is 1.12. The molecule has 0 aliphatic heterocycles. The van der Waals surface area contributed by atoms with Crippen molar-refractivity contribution in [1.82, 2.24) is 9.78 Å². The van der Waals surface area contributed by atoms with Crippen molar-refractivity contribution in [3.8, 4) is 0 Å². The Hall–Kier alpha value is -0.900. The fourth-order valence-corrected chi connectivity index (χ4v) is 1.70. The van der Waals surface area contributed by atoms with Crippen molar-refractivity contribution in [2.75, 3.05) is 0 Å². The second-order valence-corrected chi connectivity index (χ2v) is 3.48. The van der Waals surface area contributed by atoms with E-state index in [4.69, 9.17) is 0 Å². The van der Waals surface area contributed by atoms with Crippen LogP contribution in [0.5, 0.6) is 0 Å². The smallest absolute Gasteiger partial charge is 0.125 e. The van der Waals surface area contributed by atoms with Gasteiger partial charge >= 0.3 is 0 Å². The van der Waals surface area contributed by atoms with E-state index in [0.717, 1.165) is 10.9 Å². The largest absolute Gasteiger partial charge is 0.275 e. The minimum atomic E-state index is -0.248. The molecule has 2 rings (SSSR count). The van der Waals surface area contributed by atoms with Crippen LogP contribution in [0.15, 0.2) is 22.8 Å². The molecule has 0 unspecified atom stereocenters. The molecule has 0 spiro atoms. The molecule has 1 aromatic heterocycles. The van der Waals surface area contributed by atoms with Gasteiger partial charge in [0.25, 0.3) is 0 Å². The monoisotopic (exact) mass is 228 g/mol. The average Bonchev–Trinajstić information content (AvgIpc) is 2.29.